The normalized spacial score (nSPS) is 11.3. The van der Waals surface area contributed by atoms with Gasteiger partial charge in [0.25, 0.3) is 0 Å². The second-order valence-corrected chi connectivity index (χ2v) is 5.11. The van der Waals surface area contributed by atoms with E-state index in [-0.39, 0.29) is 0 Å². The molecule has 0 unspecified atom stereocenters. The number of benzene rings is 1. The van der Waals surface area contributed by atoms with E-state index in [1.807, 2.05) is 18.2 Å². The minimum atomic E-state index is 0.565. The molecule has 3 rings (SSSR count). The van der Waals surface area contributed by atoms with Gasteiger partial charge < -0.3 is 10.3 Å². The van der Waals surface area contributed by atoms with Crippen molar-refractivity contribution in [3.8, 4) is 0 Å². The summed E-state index contributed by atoms with van der Waals surface area (Å²) in [5, 5.41) is 14.0. The number of aromatic nitrogens is 5. The van der Waals surface area contributed by atoms with E-state index in [1.165, 1.54) is 15.7 Å². The highest BCUT2D eigenvalue weighted by atomic mass is 35.5. The van der Waals surface area contributed by atoms with Crippen molar-refractivity contribution in [3.63, 3.8) is 0 Å². The summed E-state index contributed by atoms with van der Waals surface area (Å²) in [5.41, 5.74) is 7.95. The number of nitrogens with zero attached hydrogens (tertiary/aromatic N) is 5. The summed E-state index contributed by atoms with van der Waals surface area (Å²) in [7, 11) is 1.75. The summed E-state index contributed by atoms with van der Waals surface area (Å²) in [6.45, 7) is 1.18. The first-order valence-electron chi connectivity index (χ1n) is 6.37. The first kappa shape index (κ1) is 13.1. The first-order valence-corrected chi connectivity index (χ1v) is 6.75. The van der Waals surface area contributed by atoms with Gasteiger partial charge in [0.05, 0.1) is 19.1 Å². The van der Waals surface area contributed by atoms with Crippen LogP contribution in [0.25, 0.3) is 10.9 Å². The van der Waals surface area contributed by atoms with Crippen LogP contribution in [0.1, 0.15) is 11.4 Å². The van der Waals surface area contributed by atoms with Gasteiger partial charge in [-0.05, 0) is 35.9 Å². The van der Waals surface area contributed by atoms with Gasteiger partial charge in [-0.1, -0.05) is 17.7 Å². The standard InChI is InChI=1S/C13H15ClN6/c1-19-17-13(16-18-19)8-20-7-9(4-5-15)11-3-2-10(14)6-12(11)20/h2-3,6-7H,4-5,8,15H2,1H3. The van der Waals surface area contributed by atoms with Gasteiger partial charge >= 0.3 is 0 Å². The number of rotatable bonds is 4. The molecule has 0 bridgehead atoms. The van der Waals surface area contributed by atoms with Crippen molar-refractivity contribution in [2.75, 3.05) is 6.54 Å². The van der Waals surface area contributed by atoms with Crippen molar-refractivity contribution in [3.05, 3.63) is 40.8 Å². The molecule has 0 spiro atoms. The van der Waals surface area contributed by atoms with Crippen molar-refractivity contribution < 1.29 is 0 Å². The van der Waals surface area contributed by atoms with Crippen LogP contribution >= 0.6 is 11.6 Å². The summed E-state index contributed by atoms with van der Waals surface area (Å²) in [4.78, 5) is 1.45. The lowest BCUT2D eigenvalue weighted by Crippen LogP contribution is -2.03. The molecule has 6 nitrogen and oxygen atoms in total. The largest absolute Gasteiger partial charge is 0.339 e. The topological polar surface area (TPSA) is 74.5 Å². The van der Waals surface area contributed by atoms with Crippen LogP contribution in [0.15, 0.2) is 24.4 Å². The molecule has 104 valence electrons. The molecule has 7 heteroatoms. The molecule has 0 saturated heterocycles. The van der Waals surface area contributed by atoms with E-state index in [0.29, 0.717) is 23.9 Å². The van der Waals surface area contributed by atoms with E-state index in [4.69, 9.17) is 17.3 Å². The summed E-state index contributed by atoms with van der Waals surface area (Å²) >= 11 is 6.10. The third-order valence-electron chi connectivity index (χ3n) is 3.20. The predicted molar refractivity (Wildman–Crippen MR) is 77.6 cm³/mol. The van der Waals surface area contributed by atoms with Gasteiger partial charge in [-0.15, -0.1) is 10.2 Å². The minimum absolute atomic E-state index is 0.565. The van der Waals surface area contributed by atoms with Crippen molar-refractivity contribution in [2.24, 2.45) is 12.8 Å². The summed E-state index contributed by atoms with van der Waals surface area (Å²) in [6, 6.07) is 5.88. The number of fused-ring (bicyclic) bond motifs is 1. The Labute approximate surface area is 121 Å². The van der Waals surface area contributed by atoms with Crippen LogP contribution in [-0.4, -0.2) is 31.3 Å². The summed E-state index contributed by atoms with van der Waals surface area (Å²) in [6.07, 6.45) is 2.92. The van der Waals surface area contributed by atoms with Crippen LogP contribution in [0.2, 0.25) is 5.02 Å². The van der Waals surface area contributed by atoms with Gasteiger partial charge in [-0.3, -0.25) is 0 Å². The smallest absolute Gasteiger partial charge is 0.194 e. The van der Waals surface area contributed by atoms with Crippen LogP contribution < -0.4 is 5.73 Å². The van der Waals surface area contributed by atoms with E-state index in [2.05, 4.69) is 26.2 Å². The average Bonchev–Trinajstić information content (AvgIpc) is 2.96. The molecule has 0 aliphatic rings. The molecule has 0 radical (unpaired) electrons. The number of halogens is 1. The predicted octanol–water partition coefficient (Wildman–Crippen LogP) is 1.37. The highest BCUT2D eigenvalue weighted by molar-refractivity contribution is 6.31. The molecule has 0 saturated carbocycles. The third kappa shape index (κ3) is 2.39. The molecule has 0 aliphatic heterocycles. The van der Waals surface area contributed by atoms with Crippen molar-refractivity contribution >= 4 is 22.5 Å². The number of hydrogen-bond donors (Lipinski definition) is 1. The highest BCUT2D eigenvalue weighted by Gasteiger charge is 2.11. The minimum Gasteiger partial charge on any atom is -0.339 e. The Hall–Kier alpha value is -1.92. The lowest BCUT2D eigenvalue weighted by atomic mass is 10.1. The van der Waals surface area contributed by atoms with Crippen molar-refractivity contribution in [1.82, 2.24) is 24.8 Å². The van der Waals surface area contributed by atoms with E-state index < -0.39 is 0 Å². The molecule has 2 aromatic heterocycles. The van der Waals surface area contributed by atoms with Crippen LogP contribution in [0.4, 0.5) is 0 Å². The number of nitrogens with two attached hydrogens (primary N) is 1. The van der Waals surface area contributed by atoms with Gasteiger partial charge in [0, 0.05) is 16.6 Å². The van der Waals surface area contributed by atoms with E-state index in [9.17, 15) is 0 Å². The molecule has 2 N–H and O–H groups in total. The third-order valence-corrected chi connectivity index (χ3v) is 3.44. The fraction of sp³-hybridized carbons (Fsp3) is 0.308. The fourth-order valence-corrected chi connectivity index (χ4v) is 2.53. The fourth-order valence-electron chi connectivity index (χ4n) is 2.37. The van der Waals surface area contributed by atoms with Gasteiger partial charge in [0.1, 0.15) is 0 Å². The monoisotopic (exact) mass is 290 g/mol. The zero-order chi connectivity index (χ0) is 14.1. The molecule has 0 aliphatic carbocycles. The van der Waals surface area contributed by atoms with Crippen molar-refractivity contribution in [1.29, 1.82) is 0 Å². The second-order valence-electron chi connectivity index (χ2n) is 4.68. The van der Waals surface area contributed by atoms with Gasteiger partial charge in [-0.25, -0.2) is 0 Å². The number of aryl methyl sites for hydroxylation is 1. The quantitative estimate of drug-likeness (QED) is 0.787. The molecule has 0 atom stereocenters. The molecule has 0 fully saturated rings. The van der Waals surface area contributed by atoms with Crippen LogP contribution in [-0.2, 0) is 20.0 Å². The Morgan fingerprint density at radius 2 is 2.20 bits per heavy atom. The Kier molecular flexibility index (Phi) is 3.42. The molecular weight excluding hydrogens is 276 g/mol. The average molecular weight is 291 g/mol. The maximum absolute atomic E-state index is 6.10. The molecule has 2 heterocycles. The van der Waals surface area contributed by atoms with E-state index in [0.717, 1.165) is 11.9 Å². The molecule has 1 aromatic carbocycles. The van der Waals surface area contributed by atoms with Crippen LogP contribution in [0.5, 0.6) is 0 Å². The maximum atomic E-state index is 6.10. The number of hydrogen-bond acceptors (Lipinski definition) is 4. The lowest BCUT2D eigenvalue weighted by Gasteiger charge is -2.01. The van der Waals surface area contributed by atoms with E-state index in [1.54, 1.807) is 7.05 Å². The molecular formula is C13H15ClN6. The van der Waals surface area contributed by atoms with Gasteiger partial charge in [0.15, 0.2) is 5.82 Å². The van der Waals surface area contributed by atoms with Crippen molar-refractivity contribution in [2.45, 2.75) is 13.0 Å². The molecule has 20 heavy (non-hydrogen) atoms. The van der Waals surface area contributed by atoms with Crippen LogP contribution in [0.3, 0.4) is 0 Å². The molecule has 3 aromatic rings. The van der Waals surface area contributed by atoms with Gasteiger partial charge in [-0.2, -0.15) is 4.80 Å². The Morgan fingerprint density at radius 1 is 1.35 bits per heavy atom. The Bertz CT molecular complexity index is 744. The van der Waals surface area contributed by atoms with Gasteiger partial charge in [0.2, 0.25) is 0 Å². The van der Waals surface area contributed by atoms with Crippen LogP contribution in [0, 0.1) is 0 Å². The zero-order valence-electron chi connectivity index (χ0n) is 11.1. The maximum Gasteiger partial charge on any atom is 0.194 e. The Morgan fingerprint density at radius 3 is 2.90 bits per heavy atom. The second kappa shape index (κ2) is 5.22. The highest BCUT2D eigenvalue weighted by Crippen LogP contribution is 2.25. The Balaban J connectivity index is 2.06. The first-order chi connectivity index (χ1) is 9.67. The summed E-state index contributed by atoms with van der Waals surface area (Å²) < 4.78 is 2.09. The lowest BCUT2D eigenvalue weighted by molar-refractivity contribution is 0.625. The van der Waals surface area contributed by atoms with E-state index >= 15 is 0 Å². The number of tetrazole rings is 1. The molecule has 0 amide bonds. The zero-order valence-corrected chi connectivity index (χ0v) is 11.9. The summed E-state index contributed by atoms with van der Waals surface area (Å²) in [5.74, 6) is 0.670. The SMILES string of the molecule is Cn1nnc(Cn2cc(CCN)c3ccc(Cl)cc32)n1.